The van der Waals surface area contributed by atoms with Crippen molar-refractivity contribution in [1.82, 2.24) is 20.1 Å². The first-order valence-electron chi connectivity index (χ1n) is 7.15. The molecule has 2 aromatic rings. The zero-order chi connectivity index (χ0) is 15.7. The number of hydrogen-bond donors (Lipinski definition) is 1. The smallest absolute Gasteiger partial charge is 0.229 e. The molecular formula is C15H16Cl2N4O. The molecule has 2 atom stereocenters. The zero-order valence-corrected chi connectivity index (χ0v) is 13.6. The lowest BCUT2D eigenvalue weighted by molar-refractivity contribution is -0.131. The molecule has 0 saturated carbocycles. The van der Waals surface area contributed by atoms with Crippen molar-refractivity contribution in [2.75, 3.05) is 13.1 Å². The van der Waals surface area contributed by atoms with Gasteiger partial charge < -0.3 is 4.90 Å². The van der Waals surface area contributed by atoms with E-state index in [1.54, 1.807) is 12.1 Å². The van der Waals surface area contributed by atoms with E-state index in [1.807, 2.05) is 17.9 Å². The van der Waals surface area contributed by atoms with Crippen molar-refractivity contribution >= 4 is 29.1 Å². The summed E-state index contributed by atoms with van der Waals surface area (Å²) >= 11 is 12.0. The number of hydrogen-bond acceptors (Lipinski definition) is 3. The molecule has 1 saturated heterocycles. The Hall–Kier alpha value is -1.59. The molecule has 1 N–H and O–H groups in total. The third-order valence-corrected chi connectivity index (χ3v) is 4.87. The van der Waals surface area contributed by atoms with Gasteiger partial charge in [0.15, 0.2) is 0 Å². The maximum atomic E-state index is 12.7. The summed E-state index contributed by atoms with van der Waals surface area (Å²) in [7, 11) is 0. The molecule has 1 aromatic heterocycles. The third kappa shape index (κ3) is 2.96. The number of aromatic amines is 1. The van der Waals surface area contributed by atoms with Crippen LogP contribution in [0.3, 0.4) is 0 Å². The number of nitrogens with one attached hydrogen (secondary N) is 1. The Morgan fingerprint density at radius 3 is 2.91 bits per heavy atom. The zero-order valence-electron chi connectivity index (χ0n) is 12.1. The lowest BCUT2D eigenvalue weighted by Crippen LogP contribution is -2.32. The first kappa shape index (κ1) is 15.3. The number of benzene rings is 1. The summed E-state index contributed by atoms with van der Waals surface area (Å²) in [5, 5.41) is 7.72. The van der Waals surface area contributed by atoms with Crippen LogP contribution in [0.5, 0.6) is 0 Å². The third-order valence-electron chi connectivity index (χ3n) is 4.13. The van der Waals surface area contributed by atoms with Gasteiger partial charge in [0, 0.05) is 19.0 Å². The van der Waals surface area contributed by atoms with Gasteiger partial charge in [-0.15, -0.1) is 0 Å². The molecule has 1 aliphatic heterocycles. The molecule has 0 bridgehead atoms. The second-order valence-corrected chi connectivity index (χ2v) is 6.35. The van der Waals surface area contributed by atoms with E-state index in [9.17, 15) is 4.79 Å². The van der Waals surface area contributed by atoms with Gasteiger partial charge in [0.05, 0.1) is 16.0 Å². The van der Waals surface area contributed by atoms with Gasteiger partial charge in [0.1, 0.15) is 12.2 Å². The second-order valence-electron chi connectivity index (χ2n) is 5.54. The van der Waals surface area contributed by atoms with Crippen LogP contribution < -0.4 is 0 Å². The number of amides is 1. The van der Waals surface area contributed by atoms with E-state index in [0.717, 1.165) is 24.4 Å². The van der Waals surface area contributed by atoms with Crippen LogP contribution in [0.2, 0.25) is 10.0 Å². The second kappa shape index (κ2) is 6.26. The van der Waals surface area contributed by atoms with Crippen LogP contribution >= 0.6 is 23.2 Å². The minimum Gasteiger partial charge on any atom is -0.341 e. The highest BCUT2D eigenvalue weighted by Crippen LogP contribution is 2.30. The number of rotatable bonds is 3. The van der Waals surface area contributed by atoms with Crippen molar-refractivity contribution in [2.45, 2.75) is 25.2 Å². The van der Waals surface area contributed by atoms with Crippen molar-refractivity contribution in [3.63, 3.8) is 0 Å². The van der Waals surface area contributed by atoms with Gasteiger partial charge in [0.25, 0.3) is 0 Å². The standard InChI is InChI=1S/C15H16Cl2N4O/c1-9(10-2-3-12(16)13(17)6-10)15(22)21-5-4-11(7-21)14-18-8-19-20-14/h2-3,6,8-9,11H,4-5,7H2,1H3,(H,18,19,20). The topological polar surface area (TPSA) is 61.9 Å². The van der Waals surface area contributed by atoms with E-state index < -0.39 is 0 Å². The molecule has 3 rings (SSSR count). The molecule has 1 aromatic carbocycles. The number of carbonyl (C=O) groups is 1. The van der Waals surface area contributed by atoms with Crippen LogP contribution in [0.25, 0.3) is 0 Å². The van der Waals surface area contributed by atoms with Gasteiger partial charge in [-0.25, -0.2) is 4.98 Å². The van der Waals surface area contributed by atoms with Crippen LogP contribution in [0, 0.1) is 0 Å². The van der Waals surface area contributed by atoms with Crippen LogP contribution in [0.1, 0.15) is 36.6 Å². The predicted molar refractivity (Wildman–Crippen MR) is 85.2 cm³/mol. The Morgan fingerprint density at radius 1 is 1.41 bits per heavy atom. The molecule has 7 heteroatoms. The fourth-order valence-corrected chi connectivity index (χ4v) is 3.10. The van der Waals surface area contributed by atoms with E-state index in [1.165, 1.54) is 6.33 Å². The Bertz CT molecular complexity index is 674. The summed E-state index contributed by atoms with van der Waals surface area (Å²) in [5.41, 5.74) is 0.877. The van der Waals surface area contributed by atoms with Gasteiger partial charge in [-0.2, -0.15) is 5.10 Å². The van der Waals surface area contributed by atoms with Crippen molar-refractivity contribution in [3.05, 3.63) is 46.0 Å². The first-order chi connectivity index (χ1) is 10.6. The quantitative estimate of drug-likeness (QED) is 0.934. The van der Waals surface area contributed by atoms with Crippen LogP contribution in [0.4, 0.5) is 0 Å². The number of halogens is 2. The summed E-state index contributed by atoms with van der Waals surface area (Å²) < 4.78 is 0. The van der Waals surface area contributed by atoms with E-state index in [0.29, 0.717) is 16.6 Å². The predicted octanol–water partition coefficient (Wildman–Crippen LogP) is 3.23. The Balaban J connectivity index is 1.70. The monoisotopic (exact) mass is 338 g/mol. The summed E-state index contributed by atoms with van der Waals surface area (Å²) in [6.07, 6.45) is 2.40. The molecule has 1 aliphatic rings. The fraction of sp³-hybridized carbons (Fsp3) is 0.400. The average Bonchev–Trinajstić information content (AvgIpc) is 3.19. The van der Waals surface area contributed by atoms with Gasteiger partial charge in [-0.1, -0.05) is 29.3 Å². The molecule has 1 amide bonds. The van der Waals surface area contributed by atoms with Crippen molar-refractivity contribution in [3.8, 4) is 0 Å². The highest BCUT2D eigenvalue weighted by molar-refractivity contribution is 6.42. The largest absolute Gasteiger partial charge is 0.341 e. The van der Waals surface area contributed by atoms with Crippen molar-refractivity contribution in [2.24, 2.45) is 0 Å². The lowest BCUT2D eigenvalue weighted by atomic mass is 10.00. The number of aromatic nitrogens is 3. The van der Waals surface area contributed by atoms with Crippen molar-refractivity contribution < 1.29 is 4.79 Å². The molecule has 1 fully saturated rings. The molecule has 2 unspecified atom stereocenters. The van der Waals surface area contributed by atoms with Crippen LogP contribution in [-0.2, 0) is 4.79 Å². The summed E-state index contributed by atoms with van der Waals surface area (Å²) in [5.74, 6) is 0.925. The maximum absolute atomic E-state index is 12.7. The number of H-pyrrole nitrogens is 1. The highest BCUT2D eigenvalue weighted by atomic mass is 35.5. The number of carbonyl (C=O) groups excluding carboxylic acids is 1. The normalized spacial score (nSPS) is 19.4. The van der Waals surface area contributed by atoms with Gasteiger partial charge in [-0.3, -0.25) is 9.89 Å². The molecule has 22 heavy (non-hydrogen) atoms. The minimum absolute atomic E-state index is 0.0976. The molecule has 2 heterocycles. The van der Waals surface area contributed by atoms with E-state index in [4.69, 9.17) is 23.2 Å². The van der Waals surface area contributed by atoms with E-state index >= 15 is 0 Å². The SMILES string of the molecule is CC(C(=O)N1CCC(c2ncn[nH]2)C1)c1ccc(Cl)c(Cl)c1. The summed E-state index contributed by atoms with van der Waals surface area (Å²) in [6, 6.07) is 5.33. The summed E-state index contributed by atoms with van der Waals surface area (Å²) in [4.78, 5) is 18.7. The van der Waals surface area contributed by atoms with Crippen LogP contribution in [-0.4, -0.2) is 39.1 Å². The molecule has 5 nitrogen and oxygen atoms in total. The minimum atomic E-state index is -0.247. The number of likely N-dealkylation sites (tertiary alicyclic amines) is 1. The maximum Gasteiger partial charge on any atom is 0.229 e. The van der Waals surface area contributed by atoms with E-state index in [-0.39, 0.29) is 17.7 Å². The average molecular weight is 339 g/mol. The molecule has 0 spiro atoms. The fourth-order valence-electron chi connectivity index (χ4n) is 2.79. The Kier molecular flexibility index (Phi) is 4.36. The van der Waals surface area contributed by atoms with E-state index in [2.05, 4.69) is 15.2 Å². The molecule has 116 valence electrons. The Morgan fingerprint density at radius 2 is 2.23 bits per heavy atom. The van der Waals surface area contributed by atoms with Crippen LogP contribution in [0.15, 0.2) is 24.5 Å². The molecule has 0 radical (unpaired) electrons. The molecular weight excluding hydrogens is 323 g/mol. The number of nitrogens with zero attached hydrogens (tertiary/aromatic N) is 3. The lowest BCUT2D eigenvalue weighted by Gasteiger charge is -2.21. The van der Waals surface area contributed by atoms with Crippen molar-refractivity contribution in [1.29, 1.82) is 0 Å². The summed E-state index contributed by atoms with van der Waals surface area (Å²) in [6.45, 7) is 3.29. The highest BCUT2D eigenvalue weighted by Gasteiger charge is 2.31. The van der Waals surface area contributed by atoms with Gasteiger partial charge in [0.2, 0.25) is 5.91 Å². The van der Waals surface area contributed by atoms with Gasteiger partial charge in [-0.05, 0) is 31.0 Å². The molecule has 0 aliphatic carbocycles. The van der Waals surface area contributed by atoms with Gasteiger partial charge >= 0.3 is 0 Å². The Labute approximate surface area is 138 Å². The first-order valence-corrected chi connectivity index (χ1v) is 7.91.